The first-order valence-corrected chi connectivity index (χ1v) is 8.63. The summed E-state index contributed by atoms with van der Waals surface area (Å²) >= 11 is 0. The van der Waals surface area contributed by atoms with Gasteiger partial charge < -0.3 is 14.8 Å². The van der Waals surface area contributed by atoms with Crippen molar-refractivity contribution in [1.29, 1.82) is 0 Å². The number of hydrogen-bond acceptors (Lipinski definition) is 3. The Labute approximate surface area is 161 Å². The molecule has 0 aliphatic heterocycles. The lowest BCUT2D eigenvalue weighted by atomic mass is 9.99. The summed E-state index contributed by atoms with van der Waals surface area (Å²) < 4.78 is 34.6. The van der Waals surface area contributed by atoms with Gasteiger partial charge in [0.25, 0.3) is 5.91 Å². The van der Waals surface area contributed by atoms with E-state index in [-0.39, 0.29) is 17.4 Å². The molecule has 0 heterocycles. The first-order chi connectivity index (χ1) is 13.6. The Morgan fingerprint density at radius 2 is 1.68 bits per heavy atom. The van der Waals surface area contributed by atoms with Crippen molar-refractivity contribution in [3.05, 3.63) is 89.5 Å². The molecule has 0 atom stereocenters. The molecule has 0 radical (unpaired) electrons. The Balaban J connectivity index is 1.82. The van der Waals surface area contributed by atoms with E-state index in [0.29, 0.717) is 17.7 Å². The molecule has 0 spiro atoms. The molecular formula is C22H19F2NO3. The van der Waals surface area contributed by atoms with Gasteiger partial charge in [-0.05, 0) is 35.7 Å². The molecular weight excluding hydrogens is 364 g/mol. The Morgan fingerprint density at radius 3 is 2.39 bits per heavy atom. The van der Waals surface area contributed by atoms with Crippen LogP contribution in [0.15, 0.2) is 72.8 Å². The van der Waals surface area contributed by atoms with E-state index in [1.165, 1.54) is 19.2 Å². The van der Waals surface area contributed by atoms with E-state index in [2.05, 4.69) is 10.1 Å². The fraction of sp³-hybridized carbons (Fsp3) is 0.136. The third-order valence-corrected chi connectivity index (χ3v) is 4.14. The van der Waals surface area contributed by atoms with Gasteiger partial charge in [0.1, 0.15) is 0 Å². The summed E-state index contributed by atoms with van der Waals surface area (Å²) in [6, 6.07) is 21.4. The van der Waals surface area contributed by atoms with E-state index in [4.69, 9.17) is 4.74 Å². The van der Waals surface area contributed by atoms with Crippen molar-refractivity contribution in [2.75, 3.05) is 12.4 Å². The molecule has 0 aliphatic rings. The first kappa shape index (κ1) is 19.4. The normalized spacial score (nSPS) is 10.6. The molecule has 0 aromatic heterocycles. The Hall–Kier alpha value is -3.41. The zero-order valence-electron chi connectivity index (χ0n) is 15.2. The molecule has 3 aromatic rings. The molecule has 1 amide bonds. The summed E-state index contributed by atoms with van der Waals surface area (Å²) in [4.78, 5) is 12.8. The lowest BCUT2D eigenvalue weighted by Crippen LogP contribution is -2.14. The molecule has 6 heteroatoms. The number of anilines is 1. The number of hydrogen-bond donors (Lipinski definition) is 1. The average Bonchev–Trinajstić information content (AvgIpc) is 2.69. The van der Waals surface area contributed by atoms with Crippen LogP contribution >= 0.6 is 0 Å². The second-order valence-corrected chi connectivity index (χ2v) is 6.02. The molecule has 0 bridgehead atoms. The smallest absolute Gasteiger partial charge is 0.387 e. The lowest BCUT2D eigenvalue weighted by molar-refractivity contribution is -0.0511. The van der Waals surface area contributed by atoms with E-state index >= 15 is 0 Å². The highest BCUT2D eigenvalue weighted by molar-refractivity contribution is 6.05. The molecule has 3 aromatic carbocycles. The molecule has 0 unspecified atom stereocenters. The van der Waals surface area contributed by atoms with E-state index < -0.39 is 6.61 Å². The molecule has 0 saturated heterocycles. The summed E-state index contributed by atoms with van der Waals surface area (Å²) in [5.41, 5.74) is 2.79. The minimum Gasteiger partial charge on any atom is -0.493 e. The van der Waals surface area contributed by atoms with Gasteiger partial charge in [-0.2, -0.15) is 8.78 Å². The maximum Gasteiger partial charge on any atom is 0.387 e. The summed E-state index contributed by atoms with van der Waals surface area (Å²) in [7, 11) is 1.35. The van der Waals surface area contributed by atoms with E-state index in [0.717, 1.165) is 11.1 Å². The van der Waals surface area contributed by atoms with Crippen LogP contribution in [0.5, 0.6) is 11.5 Å². The first-order valence-electron chi connectivity index (χ1n) is 8.63. The zero-order valence-corrected chi connectivity index (χ0v) is 15.2. The quantitative estimate of drug-likeness (QED) is 0.615. The maximum atomic E-state index is 12.8. The molecule has 1 N–H and O–H groups in total. The largest absolute Gasteiger partial charge is 0.493 e. The van der Waals surface area contributed by atoms with Crippen molar-refractivity contribution in [1.82, 2.24) is 0 Å². The van der Waals surface area contributed by atoms with Crippen LogP contribution in [-0.4, -0.2) is 19.6 Å². The van der Waals surface area contributed by atoms with Crippen LogP contribution in [0.1, 0.15) is 21.5 Å². The van der Waals surface area contributed by atoms with Crippen LogP contribution in [0.3, 0.4) is 0 Å². The minimum atomic E-state index is -2.99. The summed E-state index contributed by atoms with van der Waals surface area (Å²) in [6.45, 7) is -2.99. The zero-order chi connectivity index (χ0) is 19.9. The van der Waals surface area contributed by atoms with Crippen LogP contribution < -0.4 is 14.8 Å². The van der Waals surface area contributed by atoms with E-state index in [1.807, 2.05) is 42.5 Å². The number of carbonyl (C=O) groups excluding carboxylic acids is 1. The monoisotopic (exact) mass is 383 g/mol. The predicted molar refractivity (Wildman–Crippen MR) is 103 cm³/mol. The van der Waals surface area contributed by atoms with Crippen molar-refractivity contribution in [3.63, 3.8) is 0 Å². The summed E-state index contributed by atoms with van der Waals surface area (Å²) in [6.07, 6.45) is 0.604. The third kappa shape index (κ3) is 4.85. The van der Waals surface area contributed by atoms with Gasteiger partial charge in [0, 0.05) is 17.3 Å². The second-order valence-electron chi connectivity index (χ2n) is 6.02. The topological polar surface area (TPSA) is 47.6 Å². The van der Waals surface area contributed by atoms with Gasteiger partial charge in [0.2, 0.25) is 0 Å². The number of amides is 1. The summed E-state index contributed by atoms with van der Waals surface area (Å²) in [5, 5.41) is 2.73. The van der Waals surface area contributed by atoms with Crippen molar-refractivity contribution >= 4 is 11.6 Å². The fourth-order valence-electron chi connectivity index (χ4n) is 2.85. The SMILES string of the molecule is COc1ccc(NC(=O)c2ccccc2Cc2ccccc2)cc1OC(F)F. The Morgan fingerprint density at radius 1 is 0.964 bits per heavy atom. The number of alkyl halides is 2. The van der Waals surface area contributed by atoms with Crippen LogP contribution in [0, 0.1) is 0 Å². The highest BCUT2D eigenvalue weighted by Gasteiger charge is 2.15. The van der Waals surface area contributed by atoms with Gasteiger partial charge in [-0.1, -0.05) is 48.5 Å². The lowest BCUT2D eigenvalue weighted by Gasteiger charge is -2.13. The molecule has 144 valence electrons. The van der Waals surface area contributed by atoms with Crippen molar-refractivity contribution in [2.24, 2.45) is 0 Å². The standard InChI is InChI=1S/C22H19F2NO3/c1-27-19-12-11-17(14-20(19)28-22(23)24)25-21(26)18-10-6-5-9-16(18)13-15-7-3-2-4-8-15/h2-12,14,22H,13H2,1H3,(H,25,26). The van der Waals surface area contributed by atoms with E-state index in [9.17, 15) is 13.6 Å². The number of benzene rings is 3. The predicted octanol–water partition coefficient (Wildman–Crippen LogP) is 5.14. The van der Waals surface area contributed by atoms with Crippen molar-refractivity contribution in [3.8, 4) is 11.5 Å². The van der Waals surface area contributed by atoms with Crippen LogP contribution in [0.4, 0.5) is 14.5 Å². The number of nitrogens with one attached hydrogen (secondary N) is 1. The summed E-state index contributed by atoms with van der Waals surface area (Å²) in [5.74, 6) is -0.324. The number of carbonyl (C=O) groups is 1. The molecule has 28 heavy (non-hydrogen) atoms. The molecule has 0 saturated carbocycles. The van der Waals surface area contributed by atoms with Crippen molar-refractivity contribution in [2.45, 2.75) is 13.0 Å². The van der Waals surface area contributed by atoms with Crippen LogP contribution in [-0.2, 0) is 6.42 Å². The molecule has 0 aliphatic carbocycles. The Bertz CT molecular complexity index is 946. The Kier molecular flexibility index (Phi) is 6.22. The van der Waals surface area contributed by atoms with Gasteiger partial charge in [-0.25, -0.2) is 0 Å². The third-order valence-electron chi connectivity index (χ3n) is 4.14. The average molecular weight is 383 g/mol. The minimum absolute atomic E-state index is 0.145. The molecule has 3 rings (SSSR count). The van der Waals surface area contributed by atoms with Crippen molar-refractivity contribution < 1.29 is 23.0 Å². The maximum absolute atomic E-state index is 12.8. The highest BCUT2D eigenvalue weighted by Crippen LogP contribution is 2.31. The van der Waals surface area contributed by atoms with E-state index in [1.54, 1.807) is 18.2 Å². The van der Waals surface area contributed by atoms with Gasteiger partial charge in [-0.15, -0.1) is 0 Å². The van der Waals surface area contributed by atoms with Crippen LogP contribution in [0.25, 0.3) is 0 Å². The number of halogens is 2. The van der Waals surface area contributed by atoms with Gasteiger partial charge in [0.15, 0.2) is 11.5 Å². The fourth-order valence-corrected chi connectivity index (χ4v) is 2.85. The number of methoxy groups -OCH3 is 1. The molecule has 4 nitrogen and oxygen atoms in total. The van der Waals surface area contributed by atoms with Crippen LogP contribution in [0.2, 0.25) is 0 Å². The highest BCUT2D eigenvalue weighted by atomic mass is 19.3. The van der Waals surface area contributed by atoms with Gasteiger partial charge >= 0.3 is 6.61 Å². The number of ether oxygens (including phenoxy) is 2. The van der Waals surface area contributed by atoms with Gasteiger partial charge in [-0.3, -0.25) is 4.79 Å². The molecule has 0 fully saturated rings. The number of rotatable bonds is 7. The van der Waals surface area contributed by atoms with Gasteiger partial charge in [0.05, 0.1) is 7.11 Å². The second kappa shape index (κ2) is 8.99.